The molecule has 470 valence electrons. The molecule has 0 aliphatic carbocycles. The number of rotatable bonds is 29. The standard InChI is InChI=1S/C48H57I9N10O18/c1-16(74)40(77)63-37-31(52)22(28(49)23(32(37)53)44(81)60-19(10-68)11-69)43(80)59-5-7-66(6-4-58)8-9-67(47(84)26-29(50)24(45(82)61-20(12-70)13-71)33(54)38(35(26)56)64-41(78)17(2)75)48(85)27-30(51)25(46(83)62-21(14-72)15-73)34(55)39(36(27)57)65-42(79)18(3)76/h16-21,68-76H,4-15,58H2,1-3H3,(H,59,80)(H,60,81)(H,61,82)(H,62,83)(H,63,77)(H,64,78)(H,65,79)/t16-,17-,18-/m0/s1. The van der Waals surface area contributed by atoms with E-state index in [1.54, 1.807) is 208 Å². The van der Waals surface area contributed by atoms with Crippen molar-refractivity contribution in [2.24, 2.45) is 5.73 Å². The fraction of sp³-hybridized carbons (Fsp3) is 0.438. The van der Waals surface area contributed by atoms with E-state index in [1.807, 2.05) is 0 Å². The molecule has 0 saturated heterocycles. The minimum atomic E-state index is -1.62. The summed E-state index contributed by atoms with van der Waals surface area (Å²) in [7, 11) is 0. The molecule has 0 aliphatic heterocycles. The first kappa shape index (κ1) is 78.5. The van der Waals surface area contributed by atoms with E-state index < -0.39 is 136 Å². The third-order valence-electron chi connectivity index (χ3n) is 11.8. The molecule has 18 N–H and O–H groups in total. The number of nitrogens with two attached hydrogens (primary N) is 1. The van der Waals surface area contributed by atoms with Gasteiger partial charge in [0.25, 0.3) is 53.2 Å². The number of nitrogens with zero attached hydrogens (tertiary/aromatic N) is 2. The molecule has 28 nitrogen and oxygen atoms in total. The fourth-order valence-electron chi connectivity index (χ4n) is 7.14. The number of nitrogens with one attached hydrogen (secondary N) is 7. The topological polar surface area (TPSA) is 452 Å². The van der Waals surface area contributed by atoms with Crippen molar-refractivity contribution in [1.82, 2.24) is 31.1 Å². The molecule has 0 bridgehead atoms. The van der Waals surface area contributed by atoms with Gasteiger partial charge in [-0.2, -0.15) is 0 Å². The predicted molar refractivity (Wildman–Crippen MR) is 384 cm³/mol. The van der Waals surface area contributed by atoms with Gasteiger partial charge >= 0.3 is 0 Å². The van der Waals surface area contributed by atoms with Gasteiger partial charge in [-0.1, -0.05) is 0 Å². The van der Waals surface area contributed by atoms with Gasteiger partial charge in [-0.05, 0) is 224 Å². The second-order valence-corrected chi connectivity index (χ2v) is 27.7. The third kappa shape index (κ3) is 20.1. The highest BCUT2D eigenvalue weighted by Gasteiger charge is 2.38. The maximum Gasteiger partial charge on any atom is 0.263 e. The number of carbonyl (C=O) groups is 9. The Hall–Kier alpha value is -0.780. The van der Waals surface area contributed by atoms with Gasteiger partial charge in [0.2, 0.25) is 0 Å². The van der Waals surface area contributed by atoms with Crippen molar-refractivity contribution in [3.63, 3.8) is 0 Å². The van der Waals surface area contributed by atoms with Gasteiger partial charge in [-0.15, -0.1) is 0 Å². The van der Waals surface area contributed by atoms with E-state index in [4.69, 9.17) is 5.73 Å². The molecule has 0 spiro atoms. The molecule has 3 rings (SSSR count). The quantitative estimate of drug-likeness (QED) is 0.0328. The van der Waals surface area contributed by atoms with Crippen molar-refractivity contribution in [2.75, 3.05) is 94.9 Å². The molecular weight excluding hydrogens is 2150 g/mol. The maximum atomic E-state index is 15.8. The average molecular weight is 2200 g/mol. The Balaban J connectivity index is 2.40. The number of hydrogen-bond acceptors (Lipinski definition) is 20. The fourth-order valence-corrected chi connectivity index (χ4v) is 20.3. The van der Waals surface area contributed by atoms with Crippen molar-refractivity contribution in [3.05, 3.63) is 65.5 Å². The van der Waals surface area contributed by atoms with Crippen molar-refractivity contribution in [1.29, 1.82) is 0 Å². The molecule has 3 atom stereocenters. The Kier molecular flexibility index (Phi) is 34.2. The number of halogens is 9. The zero-order chi connectivity index (χ0) is 64.6. The molecule has 0 aromatic heterocycles. The van der Waals surface area contributed by atoms with Gasteiger partial charge < -0.3 is 88.9 Å². The molecule has 0 saturated carbocycles. The molecule has 0 aliphatic rings. The SMILES string of the molecule is C[C@H](O)C(=O)Nc1c(I)c(C(=O)NCCN(CCN)CCN(C(=O)c2c(I)c(NC(=O)[C@H](C)O)c(I)c(C(=O)NC(CO)CO)c2I)C(=O)c2c(I)c(NC(=O)[C@H](C)O)c(I)c(C(=O)NC(CO)CO)c2I)c(I)c(C(=O)NC(CO)CO)c1I. The zero-order valence-electron chi connectivity index (χ0n) is 44.5. The molecule has 0 fully saturated rings. The lowest BCUT2D eigenvalue weighted by molar-refractivity contribution is -0.123. The summed E-state index contributed by atoms with van der Waals surface area (Å²) in [6, 6.07) is -3.51. The van der Waals surface area contributed by atoms with E-state index in [2.05, 4.69) is 37.2 Å². The van der Waals surface area contributed by atoms with E-state index in [-0.39, 0.29) is 115 Å². The number of aliphatic hydroxyl groups excluding tert-OH is 9. The van der Waals surface area contributed by atoms with Gasteiger partial charge in [0.15, 0.2) is 0 Å². The number of imide groups is 1. The lowest BCUT2D eigenvalue weighted by Gasteiger charge is -2.29. The van der Waals surface area contributed by atoms with Crippen LogP contribution in [0, 0.1) is 32.1 Å². The van der Waals surface area contributed by atoms with Crippen LogP contribution >= 0.6 is 203 Å². The van der Waals surface area contributed by atoms with Crippen molar-refractivity contribution < 1.29 is 89.1 Å². The molecule has 0 unspecified atom stereocenters. The van der Waals surface area contributed by atoms with Crippen LogP contribution in [0.2, 0.25) is 0 Å². The molecule has 9 amide bonds. The summed E-state index contributed by atoms with van der Waals surface area (Å²) in [6.45, 7) is -1.66. The number of benzene rings is 3. The van der Waals surface area contributed by atoms with Crippen LogP contribution in [-0.2, 0) is 14.4 Å². The van der Waals surface area contributed by atoms with E-state index in [0.29, 0.717) is 0 Å². The van der Waals surface area contributed by atoms with Crippen LogP contribution in [0.25, 0.3) is 0 Å². The highest BCUT2D eigenvalue weighted by Crippen LogP contribution is 2.40. The summed E-state index contributed by atoms with van der Waals surface area (Å²) >= 11 is 15.6. The summed E-state index contributed by atoms with van der Waals surface area (Å²) in [5, 5.41) is 107. The number of carbonyl (C=O) groups excluding carboxylic acids is 9. The Morgan fingerprint density at radius 3 is 0.941 bits per heavy atom. The summed E-state index contributed by atoms with van der Waals surface area (Å²) < 4.78 is 0.176. The van der Waals surface area contributed by atoms with Gasteiger partial charge in [0.05, 0.1) is 130 Å². The molecule has 85 heavy (non-hydrogen) atoms. The zero-order valence-corrected chi connectivity index (χ0v) is 63.9. The lowest BCUT2D eigenvalue weighted by atomic mass is 10.0. The molecular formula is C48H57I9N10O18. The predicted octanol–water partition coefficient (Wildman–Crippen LogP) is 0.308. The van der Waals surface area contributed by atoms with Crippen LogP contribution in [-0.4, -0.2) is 224 Å². The number of anilines is 3. The molecule has 37 heteroatoms. The largest absolute Gasteiger partial charge is 0.394 e. The lowest BCUT2D eigenvalue weighted by Crippen LogP contribution is -2.46. The Morgan fingerprint density at radius 1 is 0.400 bits per heavy atom. The molecule has 0 radical (unpaired) electrons. The van der Waals surface area contributed by atoms with E-state index in [1.165, 1.54) is 6.92 Å². The van der Waals surface area contributed by atoms with Crippen LogP contribution < -0.4 is 43.0 Å². The highest BCUT2D eigenvalue weighted by molar-refractivity contribution is 14.1. The van der Waals surface area contributed by atoms with Gasteiger partial charge in [-0.25, -0.2) is 0 Å². The minimum Gasteiger partial charge on any atom is -0.394 e. The van der Waals surface area contributed by atoms with Crippen LogP contribution in [0.4, 0.5) is 17.1 Å². The van der Waals surface area contributed by atoms with Crippen LogP contribution in [0.3, 0.4) is 0 Å². The Labute approximate surface area is 608 Å². The number of amides is 9. The molecule has 3 aromatic carbocycles. The van der Waals surface area contributed by atoms with Gasteiger partial charge in [-0.3, -0.25) is 53.0 Å². The van der Waals surface area contributed by atoms with Gasteiger partial charge in [0.1, 0.15) is 18.3 Å². The normalized spacial score (nSPS) is 12.4. The summed E-state index contributed by atoms with van der Waals surface area (Å²) in [4.78, 5) is 129. The minimum absolute atomic E-state index is 0.00381. The average Bonchev–Trinajstić information content (AvgIpc) is 1.10. The van der Waals surface area contributed by atoms with Crippen molar-refractivity contribution in [2.45, 2.75) is 57.2 Å². The first-order chi connectivity index (χ1) is 39.9. The Bertz CT molecular complexity index is 2920. The van der Waals surface area contributed by atoms with E-state index in [9.17, 15) is 79.5 Å². The monoisotopic (exact) mass is 2200 g/mol. The smallest absolute Gasteiger partial charge is 0.263 e. The van der Waals surface area contributed by atoms with Crippen molar-refractivity contribution >= 4 is 274 Å². The summed E-state index contributed by atoms with van der Waals surface area (Å²) in [5.74, 6) is -8.53. The van der Waals surface area contributed by atoms with Crippen LogP contribution in [0.15, 0.2) is 0 Å². The van der Waals surface area contributed by atoms with Crippen molar-refractivity contribution in [3.8, 4) is 0 Å². The second kappa shape index (κ2) is 37.1. The van der Waals surface area contributed by atoms with Crippen LogP contribution in [0.5, 0.6) is 0 Å². The third-order valence-corrected chi connectivity index (χ3v) is 21.5. The second-order valence-electron chi connectivity index (χ2n) is 18.0. The molecule has 3 aromatic rings. The highest BCUT2D eigenvalue weighted by atomic mass is 127. The summed E-state index contributed by atoms with van der Waals surface area (Å²) in [6.07, 6.45) is -4.76. The van der Waals surface area contributed by atoms with E-state index in [0.717, 1.165) is 18.7 Å². The number of aliphatic hydroxyl groups is 9. The first-order valence-electron chi connectivity index (χ1n) is 24.6. The maximum absolute atomic E-state index is 15.8. The summed E-state index contributed by atoms with van der Waals surface area (Å²) in [5.41, 5.74) is 4.31. The van der Waals surface area contributed by atoms with Crippen LogP contribution in [0.1, 0.15) is 82.9 Å². The number of hydrogen-bond donors (Lipinski definition) is 17. The Morgan fingerprint density at radius 2 is 0.671 bits per heavy atom. The molecule has 0 heterocycles. The van der Waals surface area contributed by atoms with E-state index >= 15 is 9.59 Å². The first-order valence-corrected chi connectivity index (χ1v) is 34.3. The van der Waals surface area contributed by atoms with Gasteiger partial charge in [0, 0.05) is 50.0 Å².